The van der Waals surface area contributed by atoms with E-state index in [9.17, 15) is 4.79 Å². The van der Waals surface area contributed by atoms with E-state index in [0.29, 0.717) is 19.0 Å². The molecule has 1 aliphatic heterocycles. The van der Waals surface area contributed by atoms with Crippen molar-refractivity contribution in [1.82, 2.24) is 9.88 Å². The first-order valence-corrected chi connectivity index (χ1v) is 7.56. The second kappa shape index (κ2) is 5.30. The van der Waals surface area contributed by atoms with E-state index in [1.54, 1.807) is 11.1 Å². The van der Waals surface area contributed by atoms with Crippen LogP contribution in [0.15, 0.2) is 39.6 Å². The summed E-state index contributed by atoms with van der Waals surface area (Å²) in [6, 6.07) is 5.57. The molecule has 0 radical (unpaired) electrons. The van der Waals surface area contributed by atoms with Gasteiger partial charge in [0.05, 0.1) is 23.1 Å². The van der Waals surface area contributed by atoms with E-state index >= 15 is 0 Å². The van der Waals surface area contributed by atoms with Gasteiger partial charge < -0.3 is 9.64 Å². The predicted octanol–water partition coefficient (Wildman–Crippen LogP) is 2.81. The number of halogens is 1. The molecule has 0 aliphatic carbocycles. The summed E-state index contributed by atoms with van der Waals surface area (Å²) in [5.41, 5.74) is 0.752. The summed E-state index contributed by atoms with van der Waals surface area (Å²) in [5, 5.41) is 3.78. The predicted molar refractivity (Wildman–Crippen MR) is 76.6 cm³/mol. The number of pyridine rings is 1. The number of aromatic nitrogens is 1. The number of thiophene rings is 1. The molecule has 0 bridgehead atoms. The molecule has 3 heterocycles. The van der Waals surface area contributed by atoms with Crippen molar-refractivity contribution in [2.75, 3.05) is 13.1 Å². The Balaban J connectivity index is 1.56. The van der Waals surface area contributed by atoms with E-state index in [0.717, 1.165) is 10.0 Å². The first-order chi connectivity index (χ1) is 9.24. The fourth-order valence-corrected chi connectivity index (χ4v) is 2.84. The molecule has 1 aliphatic rings. The molecule has 1 fully saturated rings. The lowest BCUT2D eigenvalue weighted by Crippen LogP contribution is -2.56. The molecule has 0 saturated carbocycles. The standard InChI is InChI=1S/C13H11BrN2O2S/c14-11-2-1-4-15-12(11)18-10-6-16(7-10)13(17)9-3-5-19-8-9/h1-5,8,10H,6-7H2. The van der Waals surface area contributed by atoms with Gasteiger partial charge in [0, 0.05) is 11.6 Å². The lowest BCUT2D eigenvalue weighted by Gasteiger charge is -2.38. The SMILES string of the molecule is O=C(c1ccsc1)N1CC(Oc2ncccc2Br)C1. The summed E-state index contributed by atoms with van der Waals surface area (Å²) in [5.74, 6) is 0.649. The van der Waals surface area contributed by atoms with Gasteiger partial charge in [-0.1, -0.05) is 0 Å². The summed E-state index contributed by atoms with van der Waals surface area (Å²) in [6.45, 7) is 1.22. The summed E-state index contributed by atoms with van der Waals surface area (Å²) in [4.78, 5) is 17.9. The van der Waals surface area contributed by atoms with Crippen LogP contribution in [0.2, 0.25) is 0 Å². The van der Waals surface area contributed by atoms with Crippen molar-refractivity contribution in [3.05, 3.63) is 45.2 Å². The zero-order valence-electron chi connectivity index (χ0n) is 9.95. The number of carbonyl (C=O) groups excluding carboxylic acids is 1. The maximum Gasteiger partial charge on any atom is 0.254 e. The van der Waals surface area contributed by atoms with Gasteiger partial charge in [-0.3, -0.25) is 4.79 Å². The van der Waals surface area contributed by atoms with Gasteiger partial charge in [0.2, 0.25) is 5.88 Å². The summed E-state index contributed by atoms with van der Waals surface area (Å²) in [7, 11) is 0. The van der Waals surface area contributed by atoms with Gasteiger partial charge in [-0.15, -0.1) is 0 Å². The fraction of sp³-hybridized carbons (Fsp3) is 0.231. The summed E-state index contributed by atoms with van der Waals surface area (Å²) in [6.07, 6.45) is 1.71. The van der Waals surface area contributed by atoms with Crippen molar-refractivity contribution in [1.29, 1.82) is 0 Å². The highest BCUT2D eigenvalue weighted by atomic mass is 79.9. The number of hydrogen-bond acceptors (Lipinski definition) is 4. The number of ether oxygens (including phenoxy) is 1. The van der Waals surface area contributed by atoms with Crippen LogP contribution >= 0.6 is 27.3 Å². The van der Waals surface area contributed by atoms with Crippen molar-refractivity contribution in [3.8, 4) is 5.88 Å². The van der Waals surface area contributed by atoms with Gasteiger partial charge in [0.15, 0.2) is 0 Å². The van der Waals surface area contributed by atoms with Crippen molar-refractivity contribution in [2.24, 2.45) is 0 Å². The van der Waals surface area contributed by atoms with E-state index in [2.05, 4.69) is 20.9 Å². The van der Waals surface area contributed by atoms with Crippen LogP contribution in [0.5, 0.6) is 5.88 Å². The van der Waals surface area contributed by atoms with Crippen LogP contribution in [0.3, 0.4) is 0 Å². The lowest BCUT2D eigenvalue weighted by molar-refractivity contribution is 0.0157. The molecule has 19 heavy (non-hydrogen) atoms. The third-order valence-electron chi connectivity index (χ3n) is 2.91. The number of amides is 1. The van der Waals surface area contributed by atoms with E-state index in [-0.39, 0.29) is 12.0 Å². The molecule has 98 valence electrons. The fourth-order valence-electron chi connectivity index (χ4n) is 1.86. The number of rotatable bonds is 3. The van der Waals surface area contributed by atoms with Gasteiger partial charge in [-0.05, 0) is 39.5 Å². The molecule has 0 atom stereocenters. The molecule has 6 heteroatoms. The molecular formula is C13H11BrN2O2S. The Morgan fingerprint density at radius 1 is 1.47 bits per heavy atom. The Kier molecular flexibility index (Phi) is 3.52. The second-order valence-electron chi connectivity index (χ2n) is 4.25. The van der Waals surface area contributed by atoms with Crippen LogP contribution in [0.1, 0.15) is 10.4 Å². The van der Waals surface area contributed by atoms with Crippen molar-refractivity contribution >= 4 is 33.2 Å². The minimum atomic E-state index is 0.0220. The number of nitrogens with zero attached hydrogens (tertiary/aromatic N) is 2. The Morgan fingerprint density at radius 2 is 2.32 bits per heavy atom. The highest BCUT2D eigenvalue weighted by molar-refractivity contribution is 9.10. The smallest absolute Gasteiger partial charge is 0.254 e. The lowest BCUT2D eigenvalue weighted by atomic mass is 10.1. The van der Waals surface area contributed by atoms with Crippen molar-refractivity contribution < 1.29 is 9.53 Å². The third kappa shape index (κ3) is 2.64. The quantitative estimate of drug-likeness (QED) is 0.864. The first-order valence-electron chi connectivity index (χ1n) is 5.82. The third-order valence-corrected chi connectivity index (χ3v) is 4.19. The van der Waals surface area contributed by atoms with E-state index in [1.165, 1.54) is 11.3 Å². The average Bonchev–Trinajstić information content (AvgIpc) is 2.88. The van der Waals surface area contributed by atoms with Crippen molar-refractivity contribution in [2.45, 2.75) is 6.10 Å². The molecule has 0 N–H and O–H groups in total. The van der Waals surface area contributed by atoms with Crippen LogP contribution in [0, 0.1) is 0 Å². The molecule has 1 amide bonds. The highest BCUT2D eigenvalue weighted by Crippen LogP contribution is 2.25. The van der Waals surface area contributed by atoms with E-state index in [4.69, 9.17) is 4.74 Å². The second-order valence-corrected chi connectivity index (χ2v) is 5.89. The maximum atomic E-state index is 12.0. The van der Waals surface area contributed by atoms with Crippen LogP contribution in [-0.2, 0) is 0 Å². The van der Waals surface area contributed by atoms with Gasteiger partial charge in [0.1, 0.15) is 6.10 Å². The van der Waals surface area contributed by atoms with Gasteiger partial charge in [-0.25, -0.2) is 4.98 Å². The molecular weight excluding hydrogens is 328 g/mol. The molecule has 4 nitrogen and oxygen atoms in total. The molecule has 2 aromatic rings. The molecule has 0 spiro atoms. The Hall–Kier alpha value is -1.40. The first kappa shape index (κ1) is 12.6. The highest BCUT2D eigenvalue weighted by Gasteiger charge is 2.33. The normalized spacial score (nSPS) is 15.1. The molecule has 3 rings (SSSR count). The van der Waals surface area contributed by atoms with Gasteiger partial charge >= 0.3 is 0 Å². The van der Waals surface area contributed by atoms with Gasteiger partial charge in [0.25, 0.3) is 5.91 Å². The average molecular weight is 339 g/mol. The zero-order valence-corrected chi connectivity index (χ0v) is 12.4. The topological polar surface area (TPSA) is 42.4 Å². The molecule has 1 saturated heterocycles. The maximum absolute atomic E-state index is 12.0. The van der Waals surface area contributed by atoms with Crippen LogP contribution in [0.4, 0.5) is 0 Å². The summed E-state index contributed by atoms with van der Waals surface area (Å²) >= 11 is 4.92. The Morgan fingerprint density at radius 3 is 3.00 bits per heavy atom. The van der Waals surface area contributed by atoms with E-state index < -0.39 is 0 Å². The number of hydrogen-bond donors (Lipinski definition) is 0. The Bertz CT molecular complexity index is 582. The van der Waals surface area contributed by atoms with Crippen LogP contribution < -0.4 is 4.74 Å². The van der Waals surface area contributed by atoms with Crippen LogP contribution in [0.25, 0.3) is 0 Å². The molecule has 2 aromatic heterocycles. The molecule has 0 unspecified atom stereocenters. The Labute approximate surface area is 123 Å². The zero-order chi connectivity index (χ0) is 13.2. The van der Waals surface area contributed by atoms with Crippen LogP contribution in [-0.4, -0.2) is 35.0 Å². The minimum Gasteiger partial charge on any atom is -0.470 e. The number of likely N-dealkylation sites (tertiary alicyclic amines) is 1. The number of carbonyl (C=O) groups is 1. The monoisotopic (exact) mass is 338 g/mol. The largest absolute Gasteiger partial charge is 0.470 e. The summed E-state index contributed by atoms with van der Waals surface area (Å²) < 4.78 is 6.56. The minimum absolute atomic E-state index is 0.0220. The van der Waals surface area contributed by atoms with Gasteiger partial charge in [-0.2, -0.15) is 11.3 Å². The van der Waals surface area contributed by atoms with E-state index in [1.807, 2.05) is 29.0 Å². The van der Waals surface area contributed by atoms with Crippen molar-refractivity contribution in [3.63, 3.8) is 0 Å². The molecule has 0 aromatic carbocycles.